The molecular weight excluding hydrogens is 248 g/mol. The summed E-state index contributed by atoms with van der Waals surface area (Å²) in [5.74, 6) is -0.243. The summed E-state index contributed by atoms with van der Waals surface area (Å²) >= 11 is 4.85. The van der Waals surface area contributed by atoms with Gasteiger partial charge in [0.15, 0.2) is 5.11 Å². The van der Waals surface area contributed by atoms with Crippen molar-refractivity contribution in [3.05, 3.63) is 41.9 Å². The highest BCUT2D eigenvalue weighted by atomic mass is 32.1. The Kier molecular flexibility index (Phi) is 2.49. The molecule has 0 aliphatic carbocycles. The van der Waals surface area contributed by atoms with Crippen LogP contribution in [0.25, 0.3) is 17.1 Å². The lowest BCUT2D eigenvalue weighted by molar-refractivity contribution is -0.115. The molecule has 1 fully saturated rings. The Morgan fingerprint density at radius 3 is 2.83 bits per heavy atom. The van der Waals surface area contributed by atoms with Gasteiger partial charge in [-0.05, 0) is 42.6 Å². The van der Waals surface area contributed by atoms with Crippen LogP contribution in [0.4, 0.5) is 0 Å². The zero-order valence-electron chi connectivity index (χ0n) is 9.18. The van der Waals surface area contributed by atoms with Gasteiger partial charge in [-0.1, -0.05) is 0 Å². The van der Waals surface area contributed by atoms with Crippen molar-refractivity contribution in [2.24, 2.45) is 0 Å². The average Bonchev–Trinajstić information content (AvgIpc) is 2.68. The van der Waals surface area contributed by atoms with Crippen molar-refractivity contribution in [3.63, 3.8) is 0 Å². The molecule has 0 atom stereocenters. The first-order valence-corrected chi connectivity index (χ1v) is 5.69. The van der Waals surface area contributed by atoms with Crippen LogP contribution >= 0.6 is 12.2 Å². The van der Waals surface area contributed by atoms with Crippen LogP contribution in [-0.4, -0.2) is 21.0 Å². The van der Waals surface area contributed by atoms with Crippen molar-refractivity contribution >= 4 is 40.3 Å². The maximum Gasteiger partial charge on any atom is 0.273 e. The third-order valence-corrected chi connectivity index (χ3v) is 2.69. The smallest absolute Gasteiger partial charge is 0.273 e. The van der Waals surface area contributed by atoms with Crippen molar-refractivity contribution in [1.82, 2.24) is 20.6 Å². The number of amides is 1. The Balaban J connectivity index is 2.02. The third kappa shape index (κ3) is 1.93. The van der Waals surface area contributed by atoms with Crippen LogP contribution in [0.1, 0.15) is 5.69 Å². The topological polar surface area (TPSA) is 66.9 Å². The van der Waals surface area contributed by atoms with Gasteiger partial charge in [0.1, 0.15) is 5.70 Å². The number of nitrogens with one attached hydrogen (secondary N) is 2. The first-order chi connectivity index (χ1) is 8.72. The Morgan fingerprint density at radius 1 is 1.17 bits per heavy atom. The Hall–Kier alpha value is -2.34. The van der Waals surface area contributed by atoms with Crippen LogP contribution in [-0.2, 0) is 4.79 Å². The molecule has 0 unspecified atom stereocenters. The van der Waals surface area contributed by atoms with E-state index in [2.05, 4.69) is 20.6 Å². The summed E-state index contributed by atoms with van der Waals surface area (Å²) in [4.78, 5) is 20.1. The van der Waals surface area contributed by atoms with Crippen molar-refractivity contribution in [2.45, 2.75) is 0 Å². The Bertz CT molecular complexity index is 695. The van der Waals surface area contributed by atoms with Gasteiger partial charge in [0.05, 0.1) is 16.7 Å². The number of carbonyl (C=O) groups excluding carboxylic acids is 1. The van der Waals surface area contributed by atoms with Gasteiger partial charge >= 0.3 is 0 Å². The van der Waals surface area contributed by atoms with E-state index in [0.29, 0.717) is 16.5 Å². The summed E-state index contributed by atoms with van der Waals surface area (Å²) in [6, 6.07) is 7.36. The van der Waals surface area contributed by atoms with Crippen LogP contribution in [0.5, 0.6) is 0 Å². The molecule has 3 heterocycles. The van der Waals surface area contributed by atoms with E-state index in [1.807, 2.05) is 18.2 Å². The van der Waals surface area contributed by atoms with Crippen molar-refractivity contribution in [3.8, 4) is 0 Å². The van der Waals surface area contributed by atoms with E-state index in [1.54, 1.807) is 18.3 Å². The number of hydrogen-bond donors (Lipinski definition) is 2. The van der Waals surface area contributed by atoms with E-state index >= 15 is 0 Å². The van der Waals surface area contributed by atoms with E-state index in [9.17, 15) is 4.79 Å². The first-order valence-electron chi connectivity index (χ1n) is 5.28. The molecule has 1 saturated heterocycles. The molecule has 18 heavy (non-hydrogen) atoms. The summed E-state index contributed by atoms with van der Waals surface area (Å²) < 4.78 is 0. The quantitative estimate of drug-likeness (QED) is 0.588. The molecule has 0 aromatic carbocycles. The maximum atomic E-state index is 11.5. The highest BCUT2D eigenvalue weighted by Gasteiger charge is 2.19. The Labute approximate surface area is 108 Å². The van der Waals surface area contributed by atoms with E-state index < -0.39 is 0 Å². The standard InChI is InChI=1S/C12H8N4OS/c17-11-10(15-12(18)16-11)6-7-3-4-8-9(14-7)2-1-5-13-8/h1-6H,(H2,15,16,17,18)/b10-6-. The molecular formula is C12H8N4OS. The summed E-state index contributed by atoms with van der Waals surface area (Å²) in [6.45, 7) is 0. The molecule has 2 aromatic heterocycles. The summed E-state index contributed by atoms with van der Waals surface area (Å²) in [5, 5.41) is 5.59. The Morgan fingerprint density at radius 2 is 2.06 bits per heavy atom. The molecule has 3 rings (SSSR count). The minimum atomic E-state index is -0.243. The lowest BCUT2D eigenvalue weighted by Gasteiger charge is -1.99. The molecule has 0 bridgehead atoms. The zero-order valence-corrected chi connectivity index (χ0v) is 9.99. The molecule has 1 aliphatic rings. The fraction of sp³-hybridized carbons (Fsp3) is 0. The fourth-order valence-electron chi connectivity index (χ4n) is 1.68. The minimum Gasteiger partial charge on any atom is -0.328 e. The third-order valence-electron chi connectivity index (χ3n) is 2.49. The van der Waals surface area contributed by atoms with E-state index in [0.717, 1.165) is 11.0 Å². The highest BCUT2D eigenvalue weighted by molar-refractivity contribution is 7.80. The van der Waals surface area contributed by atoms with Crippen molar-refractivity contribution in [2.75, 3.05) is 0 Å². The molecule has 0 saturated carbocycles. The number of pyridine rings is 2. The van der Waals surface area contributed by atoms with Gasteiger partial charge in [-0.3, -0.25) is 15.1 Å². The minimum absolute atomic E-state index is 0.243. The second-order valence-corrected chi connectivity index (χ2v) is 4.15. The molecule has 1 aliphatic heterocycles. The molecule has 0 spiro atoms. The second kappa shape index (κ2) is 4.15. The van der Waals surface area contributed by atoms with Gasteiger partial charge < -0.3 is 5.32 Å². The molecule has 88 valence electrons. The lowest BCUT2D eigenvalue weighted by Crippen LogP contribution is -2.21. The summed E-state index contributed by atoms with van der Waals surface area (Å²) in [5.41, 5.74) is 2.68. The van der Waals surface area contributed by atoms with Gasteiger partial charge in [-0.2, -0.15) is 0 Å². The molecule has 2 N–H and O–H groups in total. The van der Waals surface area contributed by atoms with Crippen LogP contribution in [0, 0.1) is 0 Å². The zero-order chi connectivity index (χ0) is 12.5. The normalized spacial score (nSPS) is 17.0. The first kappa shape index (κ1) is 10.8. The van der Waals surface area contributed by atoms with Gasteiger partial charge in [0, 0.05) is 6.20 Å². The number of fused-ring (bicyclic) bond motifs is 1. The van der Waals surface area contributed by atoms with Gasteiger partial charge in [-0.25, -0.2) is 4.98 Å². The lowest BCUT2D eigenvalue weighted by atomic mass is 10.2. The van der Waals surface area contributed by atoms with E-state index in [4.69, 9.17) is 12.2 Å². The predicted octanol–water partition coefficient (Wildman–Crippen LogP) is 0.975. The fourth-order valence-corrected chi connectivity index (χ4v) is 1.89. The highest BCUT2D eigenvalue weighted by Crippen LogP contribution is 2.12. The number of carbonyl (C=O) groups is 1. The predicted molar refractivity (Wildman–Crippen MR) is 71.4 cm³/mol. The van der Waals surface area contributed by atoms with Crippen molar-refractivity contribution in [1.29, 1.82) is 0 Å². The number of nitrogens with zero attached hydrogens (tertiary/aromatic N) is 2. The van der Waals surface area contributed by atoms with Crippen LogP contribution in [0.3, 0.4) is 0 Å². The number of aromatic nitrogens is 2. The number of hydrogen-bond acceptors (Lipinski definition) is 4. The van der Waals surface area contributed by atoms with Crippen LogP contribution in [0.15, 0.2) is 36.2 Å². The van der Waals surface area contributed by atoms with E-state index in [-0.39, 0.29) is 5.91 Å². The number of thiocarbonyl (C=S) groups is 1. The second-order valence-electron chi connectivity index (χ2n) is 3.74. The summed E-state index contributed by atoms with van der Waals surface area (Å²) in [7, 11) is 0. The monoisotopic (exact) mass is 256 g/mol. The molecule has 2 aromatic rings. The maximum absolute atomic E-state index is 11.5. The molecule has 5 nitrogen and oxygen atoms in total. The number of rotatable bonds is 1. The van der Waals surface area contributed by atoms with Gasteiger partial charge in [0.2, 0.25) is 0 Å². The molecule has 6 heteroatoms. The van der Waals surface area contributed by atoms with Gasteiger partial charge in [0.25, 0.3) is 5.91 Å². The van der Waals surface area contributed by atoms with Crippen LogP contribution in [0.2, 0.25) is 0 Å². The summed E-state index contributed by atoms with van der Waals surface area (Å²) in [6.07, 6.45) is 3.37. The largest absolute Gasteiger partial charge is 0.328 e. The SMILES string of the molecule is O=C1NC(=S)N/C1=C\c1ccc2ncccc2n1. The van der Waals surface area contributed by atoms with Crippen LogP contribution < -0.4 is 10.6 Å². The van der Waals surface area contributed by atoms with Crippen molar-refractivity contribution < 1.29 is 4.79 Å². The van der Waals surface area contributed by atoms with Gasteiger partial charge in [-0.15, -0.1) is 0 Å². The average molecular weight is 256 g/mol. The van der Waals surface area contributed by atoms with E-state index in [1.165, 1.54) is 0 Å². The molecule has 1 amide bonds. The molecule has 0 radical (unpaired) electrons.